The summed E-state index contributed by atoms with van der Waals surface area (Å²) in [5, 5.41) is 0.895. The van der Waals surface area contributed by atoms with Crippen LogP contribution in [0.15, 0.2) is 54.9 Å². The number of halogens is 2. The molecule has 1 aliphatic heterocycles. The Hall–Kier alpha value is -4.18. The van der Waals surface area contributed by atoms with Gasteiger partial charge in [0, 0.05) is 74.7 Å². The highest BCUT2D eigenvalue weighted by atomic mass is 19.1. The van der Waals surface area contributed by atoms with Crippen molar-refractivity contribution in [3.63, 3.8) is 0 Å². The normalized spacial score (nSPS) is 14.4. The lowest BCUT2D eigenvalue weighted by Crippen LogP contribution is -2.49. The Morgan fingerprint density at radius 1 is 0.976 bits per heavy atom. The summed E-state index contributed by atoms with van der Waals surface area (Å²) in [7, 11) is 3.48. The standard InChI is InChI=1S/C31H34F2N4O4/c1-31(2,3)41-30(38)37-14-12-36(13-15-37)18-20-6-8-26(40-27-9-7-21(32)17-25(27)33)23(16-20)24-19-35(4)28-22(24)10-11-34-29(28)39-5/h6-11,16-17,19H,12-15,18H2,1-5H3. The minimum atomic E-state index is -0.785. The molecule has 0 aliphatic carbocycles. The first-order valence-corrected chi connectivity index (χ1v) is 13.5. The summed E-state index contributed by atoms with van der Waals surface area (Å²) >= 11 is 0. The summed E-state index contributed by atoms with van der Waals surface area (Å²) in [4.78, 5) is 20.8. The van der Waals surface area contributed by atoms with Crippen molar-refractivity contribution in [3.05, 3.63) is 72.1 Å². The first kappa shape index (κ1) is 28.4. The molecule has 41 heavy (non-hydrogen) atoms. The van der Waals surface area contributed by atoms with E-state index in [1.165, 1.54) is 6.07 Å². The third kappa shape index (κ3) is 6.27. The fraction of sp³-hybridized carbons (Fsp3) is 0.355. The average molecular weight is 565 g/mol. The predicted molar refractivity (Wildman–Crippen MR) is 152 cm³/mol. The number of aryl methyl sites for hydroxylation is 1. The summed E-state index contributed by atoms with van der Waals surface area (Å²) in [5.74, 6) is -0.616. The molecule has 0 saturated carbocycles. The summed E-state index contributed by atoms with van der Waals surface area (Å²) in [6.07, 6.45) is 3.34. The van der Waals surface area contributed by atoms with Crippen LogP contribution in [0.1, 0.15) is 26.3 Å². The monoisotopic (exact) mass is 564 g/mol. The molecule has 1 saturated heterocycles. The van der Waals surface area contributed by atoms with E-state index in [-0.39, 0.29) is 11.8 Å². The highest BCUT2D eigenvalue weighted by Crippen LogP contribution is 2.41. The van der Waals surface area contributed by atoms with Gasteiger partial charge in [-0.3, -0.25) is 4.90 Å². The predicted octanol–water partition coefficient (Wildman–Crippen LogP) is 6.37. The SMILES string of the molecule is COc1nccc2c(-c3cc(CN4CCN(C(=O)OC(C)(C)C)CC4)ccc3Oc3ccc(F)cc3F)cn(C)c12. The van der Waals surface area contributed by atoms with Crippen molar-refractivity contribution < 1.29 is 27.8 Å². The number of benzene rings is 2. The molecule has 0 bridgehead atoms. The lowest BCUT2D eigenvalue weighted by Gasteiger charge is -2.35. The van der Waals surface area contributed by atoms with Gasteiger partial charge in [-0.25, -0.2) is 18.6 Å². The van der Waals surface area contributed by atoms with E-state index in [1.54, 1.807) is 18.2 Å². The van der Waals surface area contributed by atoms with Gasteiger partial charge >= 0.3 is 6.09 Å². The van der Waals surface area contributed by atoms with Crippen LogP contribution in [-0.4, -0.2) is 64.3 Å². The first-order valence-electron chi connectivity index (χ1n) is 13.5. The lowest BCUT2D eigenvalue weighted by atomic mass is 10.0. The van der Waals surface area contributed by atoms with E-state index < -0.39 is 17.2 Å². The molecule has 0 spiro atoms. The van der Waals surface area contributed by atoms with Gasteiger partial charge in [-0.15, -0.1) is 0 Å². The highest BCUT2D eigenvalue weighted by molar-refractivity contribution is 5.99. The Morgan fingerprint density at radius 3 is 2.39 bits per heavy atom. The number of piperazine rings is 1. The lowest BCUT2D eigenvalue weighted by molar-refractivity contribution is 0.0139. The van der Waals surface area contributed by atoms with Crippen LogP contribution in [0.2, 0.25) is 0 Å². The molecule has 8 nitrogen and oxygen atoms in total. The van der Waals surface area contributed by atoms with Crippen LogP contribution in [0.3, 0.4) is 0 Å². The van der Waals surface area contributed by atoms with Gasteiger partial charge in [-0.1, -0.05) is 6.07 Å². The minimum absolute atomic E-state index is 0.0712. The average Bonchev–Trinajstić information content (AvgIpc) is 3.27. The van der Waals surface area contributed by atoms with Gasteiger partial charge in [-0.2, -0.15) is 0 Å². The molecule has 2 aromatic heterocycles. The number of rotatable bonds is 6. The van der Waals surface area contributed by atoms with Crippen LogP contribution >= 0.6 is 0 Å². The second-order valence-corrected chi connectivity index (χ2v) is 11.1. The molecular weight excluding hydrogens is 530 g/mol. The van der Waals surface area contributed by atoms with Crippen LogP contribution < -0.4 is 9.47 Å². The highest BCUT2D eigenvalue weighted by Gasteiger charge is 2.26. The Kier molecular flexibility index (Phi) is 7.86. The van der Waals surface area contributed by atoms with Crippen molar-refractivity contribution in [1.82, 2.24) is 19.4 Å². The van der Waals surface area contributed by atoms with E-state index in [9.17, 15) is 13.6 Å². The number of carbonyl (C=O) groups excluding carboxylic acids is 1. The van der Waals surface area contributed by atoms with Crippen molar-refractivity contribution >= 4 is 17.0 Å². The second-order valence-electron chi connectivity index (χ2n) is 11.1. The van der Waals surface area contributed by atoms with E-state index in [4.69, 9.17) is 14.2 Å². The minimum Gasteiger partial charge on any atom is -0.479 e. The van der Waals surface area contributed by atoms with Crippen LogP contribution in [0, 0.1) is 11.6 Å². The van der Waals surface area contributed by atoms with Gasteiger partial charge in [0.2, 0.25) is 5.88 Å². The Balaban J connectivity index is 1.45. The molecule has 0 unspecified atom stereocenters. The third-order valence-corrected chi connectivity index (χ3v) is 6.93. The van der Waals surface area contributed by atoms with E-state index in [0.717, 1.165) is 39.7 Å². The maximum Gasteiger partial charge on any atom is 0.410 e. The molecule has 1 fully saturated rings. The van der Waals surface area contributed by atoms with Crippen molar-refractivity contribution in [2.45, 2.75) is 32.9 Å². The van der Waals surface area contributed by atoms with Gasteiger partial charge in [0.05, 0.1) is 7.11 Å². The van der Waals surface area contributed by atoms with Crippen molar-refractivity contribution in [1.29, 1.82) is 0 Å². The van der Waals surface area contributed by atoms with E-state index >= 15 is 0 Å². The number of amides is 1. The number of aromatic nitrogens is 2. The molecule has 216 valence electrons. The topological polar surface area (TPSA) is 69.1 Å². The zero-order valence-electron chi connectivity index (χ0n) is 23.9. The molecule has 0 atom stereocenters. The summed E-state index contributed by atoms with van der Waals surface area (Å²) < 4.78 is 47.1. The molecule has 5 rings (SSSR count). The van der Waals surface area contributed by atoms with E-state index in [2.05, 4.69) is 9.88 Å². The molecule has 4 aromatic rings. The van der Waals surface area contributed by atoms with Gasteiger partial charge in [0.15, 0.2) is 11.6 Å². The first-order chi connectivity index (χ1) is 19.5. The van der Waals surface area contributed by atoms with Gasteiger partial charge in [-0.05, 0) is 56.7 Å². The largest absolute Gasteiger partial charge is 0.479 e. The van der Waals surface area contributed by atoms with E-state index in [0.29, 0.717) is 44.4 Å². The Bertz CT molecular complexity index is 1570. The molecule has 1 aliphatic rings. The number of fused-ring (bicyclic) bond motifs is 1. The quantitative estimate of drug-likeness (QED) is 0.271. The molecule has 3 heterocycles. The maximum atomic E-state index is 14.6. The van der Waals surface area contributed by atoms with Crippen LogP contribution in [-0.2, 0) is 18.3 Å². The Morgan fingerprint density at radius 2 is 1.71 bits per heavy atom. The molecule has 1 amide bonds. The van der Waals surface area contributed by atoms with E-state index in [1.807, 2.05) is 62.8 Å². The molecule has 0 N–H and O–H groups in total. The van der Waals surface area contributed by atoms with Crippen LogP contribution in [0.4, 0.5) is 13.6 Å². The fourth-order valence-corrected chi connectivity index (χ4v) is 5.01. The van der Waals surface area contributed by atoms with Gasteiger partial charge < -0.3 is 23.7 Å². The fourth-order valence-electron chi connectivity index (χ4n) is 5.01. The Labute approximate surface area is 238 Å². The number of hydrogen-bond acceptors (Lipinski definition) is 6. The number of carbonyl (C=O) groups is 1. The smallest absolute Gasteiger partial charge is 0.410 e. The zero-order chi connectivity index (χ0) is 29.3. The summed E-state index contributed by atoms with van der Waals surface area (Å²) in [5.41, 5.74) is 2.91. The molecule has 10 heteroatoms. The maximum absolute atomic E-state index is 14.6. The number of nitrogens with zero attached hydrogens (tertiary/aromatic N) is 4. The molecule has 2 aromatic carbocycles. The van der Waals surface area contributed by atoms with Crippen molar-refractivity contribution in [3.8, 4) is 28.5 Å². The van der Waals surface area contributed by atoms with Crippen LogP contribution in [0.25, 0.3) is 22.0 Å². The number of hydrogen-bond donors (Lipinski definition) is 0. The van der Waals surface area contributed by atoms with Gasteiger partial charge in [0.25, 0.3) is 0 Å². The third-order valence-electron chi connectivity index (χ3n) is 6.93. The summed E-state index contributed by atoms with van der Waals surface area (Å²) in [6, 6.07) is 10.9. The van der Waals surface area contributed by atoms with Crippen molar-refractivity contribution in [2.24, 2.45) is 7.05 Å². The second kappa shape index (κ2) is 11.4. The van der Waals surface area contributed by atoms with Crippen molar-refractivity contribution in [2.75, 3.05) is 33.3 Å². The van der Waals surface area contributed by atoms with Crippen LogP contribution in [0.5, 0.6) is 17.4 Å². The number of ether oxygens (including phenoxy) is 3. The molecule has 0 radical (unpaired) electrons. The van der Waals surface area contributed by atoms with Gasteiger partial charge in [0.1, 0.15) is 22.7 Å². The summed E-state index contributed by atoms with van der Waals surface area (Å²) in [6.45, 7) is 8.77. The number of pyridine rings is 1. The zero-order valence-corrected chi connectivity index (χ0v) is 23.9. The number of methoxy groups -OCH3 is 1. The molecular formula is C31H34F2N4O4.